The van der Waals surface area contributed by atoms with Crippen molar-refractivity contribution in [3.63, 3.8) is 0 Å². The van der Waals surface area contributed by atoms with E-state index in [0.717, 1.165) is 54.8 Å². The second-order valence-corrected chi connectivity index (χ2v) is 7.41. The number of amides is 1. The number of likely N-dealkylation sites (N-methyl/N-ethyl adjacent to an activating group) is 1. The molecule has 6 nitrogen and oxygen atoms in total. The molecule has 146 valence electrons. The Balaban J connectivity index is 1.70. The molecular weight excluding hydrogens is 340 g/mol. The molecule has 0 unspecified atom stereocenters. The van der Waals surface area contributed by atoms with Crippen LogP contribution in [0.2, 0.25) is 0 Å². The van der Waals surface area contributed by atoms with Crippen LogP contribution in [0, 0.1) is 12.8 Å². The maximum Gasteiger partial charge on any atom is 0.233 e. The molecule has 1 aliphatic heterocycles. The van der Waals surface area contributed by atoms with Gasteiger partial charge in [-0.15, -0.1) is 0 Å². The van der Waals surface area contributed by atoms with Crippen molar-refractivity contribution in [3.05, 3.63) is 30.0 Å². The third-order valence-electron chi connectivity index (χ3n) is 5.43. The van der Waals surface area contributed by atoms with Gasteiger partial charge in [0.2, 0.25) is 5.91 Å². The summed E-state index contributed by atoms with van der Waals surface area (Å²) in [6, 6.07) is 8.25. The van der Waals surface area contributed by atoms with Crippen LogP contribution in [-0.4, -0.2) is 63.2 Å². The van der Waals surface area contributed by atoms with Crippen LogP contribution in [0.4, 0.5) is 5.69 Å². The number of carbonyl (C=O) groups is 1. The maximum atomic E-state index is 11.6. The van der Waals surface area contributed by atoms with Crippen molar-refractivity contribution in [2.24, 2.45) is 5.92 Å². The lowest BCUT2D eigenvalue weighted by Gasteiger charge is -2.34. The first-order valence-corrected chi connectivity index (χ1v) is 9.60. The summed E-state index contributed by atoms with van der Waals surface area (Å²) in [5.41, 5.74) is 3.11. The lowest BCUT2D eigenvalue weighted by atomic mass is 9.96. The fourth-order valence-electron chi connectivity index (χ4n) is 3.90. The van der Waals surface area contributed by atoms with Gasteiger partial charge in [-0.1, -0.05) is 12.1 Å². The van der Waals surface area contributed by atoms with Crippen LogP contribution in [0.3, 0.4) is 0 Å². The summed E-state index contributed by atoms with van der Waals surface area (Å²) in [6.45, 7) is 5.50. The molecule has 1 N–H and O–H groups in total. The monoisotopic (exact) mass is 370 g/mol. The van der Waals surface area contributed by atoms with E-state index in [1.807, 2.05) is 19.1 Å². The Morgan fingerprint density at radius 1 is 1.37 bits per heavy atom. The molecule has 0 saturated carbocycles. The van der Waals surface area contributed by atoms with Crippen molar-refractivity contribution in [1.29, 1.82) is 0 Å². The van der Waals surface area contributed by atoms with E-state index in [1.165, 1.54) is 5.69 Å². The Morgan fingerprint density at radius 3 is 2.78 bits per heavy atom. The van der Waals surface area contributed by atoms with E-state index < -0.39 is 0 Å². The third-order valence-corrected chi connectivity index (χ3v) is 5.43. The number of fused-ring (bicyclic) bond motifs is 1. The standard InChI is InChI=1S/C21H30N4O2/c1-15-12-18(17-6-5-7-19(27-4)21(17)23-15)24(3)13-16-8-10-25(11-9-16)14-20(26)22-2/h5-7,12,16H,8-11,13-14H2,1-4H3,(H,22,26). The molecule has 1 fully saturated rings. The van der Waals surface area contributed by atoms with Gasteiger partial charge in [0, 0.05) is 37.4 Å². The Labute approximate surface area is 161 Å². The smallest absolute Gasteiger partial charge is 0.233 e. The minimum Gasteiger partial charge on any atom is -0.494 e. The summed E-state index contributed by atoms with van der Waals surface area (Å²) >= 11 is 0. The predicted octanol–water partition coefficient (Wildman–Crippen LogP) is 2.45. The first kappa shape index (κ1) is 19.4. The summed E-state index contributed by atoms with van der Waals surface area (Å²) in [5, 5.41) is 3.83. The minimum absolute atomic E-state index is 0.0956. The Kier molecular flexibility index (Phi) is 6.16. The molecule has 1 saturated heterocycles. The van der Waals surface area contributed by atoms with Crippen LogP contribution in [0.1, 0.15) is 18.5 Å². The van der Waals surface area contributed by atoms with E-state index in [2.05, 4.69) is 39.3 Å². The van der Waals surface area contributed by atoms with Gasteiger partial charge in [-0.3, -0.25) is 9.69 Å². The van der Waals surface area contributed by atoms with Gasteiger partial charge in [-0.05, 0) is 50.9 Å². The van der Waals surface area contributed by atoms with Crippen molar-refractivity contribution >= 4 is 22.5 Å². The number of anilines is 1. The van der Waals surface area contributed by atoms with Gasteiger partial charge in [-0.2, -0.15) is 0 Å². The zero-order valence-electron chi connectivity index (χ0n) is 16.8. The van der Waals surface area contributed by atoms with E-state index >= 15 is 0 Å². The Bertz CT molecular complexity index is 800. The van der Waals surface area contributed by atoms with Crippen LogP contribution in [-0.2, 0) is 4.79 Å². The minimum atomic E-state index is 0.0956. The lowest BCUT2D eigenvalue weighted by molar-refractivity contribution is -0.122. The van der Waals surface area contributed by atoms with Crippen molar-refractivity contribution in [2.75, 3.05) is 52.3 Å². The predicted molar refractivity (Wildman–Crippen MR) is 110 cm³/mol. The van der Waals surface area contributed by atoms with Gasteiger partial charge >= 0.3 is 0 Å². The summed E-state index contributed by atoms with van der Waals surface area (Å²) in [7, 11) is 5.54. The quantitative estimate of drug-likeness (QED) is 0.846. The normalized spacial score (nSPS) is 15.7. The highest BCUT2D eigenvalue weighted by Gasteiger charge is 2.22. The van der Waals surface area contributed by atoms with Gasteiger partial charge in [0.25, 0.3) is 0 Å². The third kappa shape index (κ3) is 4.50. The molecule has 27 heavy (non-hydrogen) atoms. The summed E-state index contributed by atoms with van der Waals surface area (Å²) in [4.78, 5) is 20.8. The number of benzene rings is 1. The molecule has 3 rings (SSSR count). The molecule has 2 aromatic rings. The highest BCUT2D eigenvalue weighted by Crippen LogP contribution is 2.32. The van der Waals surface area contributed by atoms with Gasteiger partial charge in [0.15, 0.2) is 0 Å². The zero-order valence-corrected chi connectivity index (χ0v) is 16.8. The van der Waals surface area contributed by atoms with E-state index in [0.29, 0.717) is 12.5 Å². The molecule has 6 heteroatoms. The molecule has 1 amide bonds. The van der Waals surface area contributed by atoms with Crippen LogP contribution in [0.25, 0.3) is 10.9 Å². The van der Waals surface area contributed by atoms with Gasteiger partial charge in [0.05, 0.1) is 13.7 Å². The molecule has 0 bridgehead atoms. The summed E-state index contributed by atoms with van der Waals surface area (Å²) < 4.78 is 5.50. The molecule has 0 radical (unpaired) electrons. The number of methoxy groups -OCH3 is 1. The zero-order chi connectivity index (χ0) is 19.4. The van der Waals surface area contributed by atoms with Crippen LogP contribution < -0.4 is 15.0 Å². The van der Waals surface area contributed by atoms with E-state index in [1.54, 1.807) is 14.2 Å². The number of para-hydroxylation sites is 1. The number of ether oxygens (including phenoxy) is 1. The summed E-state index contributed by atoms with van der Waals surface area (Å²) in [5.74, 6) is 1.54. The topological polar surface area (TPSA) is 57.7 Å². The fourth-order valence-corrected chi connectivity index (χ4v) is 3.90. The van der Waals surface area contributed by atoms with E-state index in [4.69, 9.17) is 4.74 Å². The van der Waals surface area contributed by atoms with Crippen molar-refractivity contribution in [1.82, 2.24) is 15.2 Å². The fraction of sp³-hybridized carbons (Fsp3) is 0.524. The first-order chi connectivity index (χ1) is 13.0. The molecule has 2 heterocycles. The van der Waals surface area contributed by atoms with Crippen molar-refractivity contribution in [2.45, 2.75) is 19.8 Å². The first-order valence-electron chi connectivity index (χ1n) is 9.60. The molecule has 1 aromatic heterocycles. The van der Waals surface area contributed by atoms with Crippen LogP contribution >= 0.6 is 0 Å². The number of aryl methyl sites for hydroxylation is 1. The maximum absolute atomic E-state index is 11.6. The number of carbonyl (C=O) groups excluding carboxylic acids is 1. The summed E-state index contributed by atoms with van der Waals surface area (Å²) in [6.07, 6.45) is 2.24. The van der Waals surface area contributed by atoms with Crippen molar-refractivity contribution in [3.8, 4) is 5.75 Å². The number of piperidine rings is 1. The Hall–Kier alpha value is -2.34. The van der Waals surface area contributed by atoms with E-state index in [-0.39, 0.29) is 5.91 Å². The largest absolute Gasteiger partial charge is 0.494 e. The Morgan fingerprint density at radius 2 is 2.11 bits per heavy atom. The van der Waals surface area contributed by atoms with Gasteiger partial charge in [0.1, 0.15) is 11.3 Å². The molecule has 1 aromatic carbocycles. The molecular formula is C21H30N4O2. The van der Waals surface area contributed by atoms with Gasteiger partial charge < -0.3 is 15.0 Å². The van der Waals surface area contributed by atoms with Gasteiger partial charge in [-0.25, -0.2) is 4.98 Å². The van der Waals surface area contributed by atoms with E-state index in [9.17, 15) is 4.79 Å². The van der Waals surface area contributed by atoms with Crippen molar-refractivity contribution < 1.29 is 9.53 Å². The van der Waals surface area contributed by atoms with Crippen LogP contribution in [0.5, 0.6) is 5.75 Å². The number of likely N-dealkylation sites (tertiary alicyclic amines) is 1. The number of hydrogen-bond acceptors (Lipinski definition) is 5. The number of rotatable bonds is 6. The average molecular weight is 370 g/mol. The highest BCUT2D eigenvalue weighted by molar-refractivity contribution is 5.95. The number of nitrogens with zero attached hydrogens (tertiary/aromatic N) is 3. The number of hydrogen-bond donors (Lipinski definition) is 1. The van der Waals surface area contributed by atoms with Crippen LogP contribution in [0.15, 0.2) is 24.3 Å². The second-order valence-electron chi connectivity index (χ2n) is 7.41. The molecule has 0 atom stereocenters. The number of aromatic nitrogens is 1. The lowest BCUT2D eigenvalue weighted by Crippen LogP contribution is -2.42. The molecule has 0 aliphatic carbocycles. The number of pyridine rings is 1. The highest BCUT2D eigenvalue weighted by atomic mass is 16.5. The number of nitrogens with one attached hydrogen (secondary N) is 1. The average Bonchev–Trinajstić information content (AvgIpc) is 2.68. The SMILES string of the molecule is CNC(=O)CN1CCC(CN(C)c2cc(C)nc3c(OC)cccc23)CC1. The second kappa shape index (κ2) is 8.57. The molecule has 1 aliphatic rings. The molecule has 0 spiro atoms.